The molecule has 0 spiro atoms. The zero-order chi connectivity index (χ0) is 22.8. The van der Waals surface area contributed by atoms with Gasteiger partial charge in [0.2, 0.25) is 5.95 Å². The molecule has 2 aliphatic rings. The van der Waals surface area contributed by atoms with Gasteiger partial charge in [0.05, 0.1) is 10.6 Å². The zero-order valence-corrected chi connectivity index (χ0v) is 18.9. The molecule has 0 unspecified atom stereocenters. The Morgan fingerprint density at radius 3 is 2.56 bits per heavy atom. The molecule has 1 saturated heterocycles. The molecule has 0 radical (unpaired) electrons. The van der Waals surface area contributed by atoms with Crippen LogP contribution >= 0.6 is 11.8 Å². The van der Waals surface area contributed by atoms with Crippen molar-refractivity contribution in [3.63, 3.8) is 0 Å². The van der Waals surface area contributed by atoms with Crippen molar-refractivity contribution in [1.29, 1.82) is 0 Å². The van der Waals surface area contributed by atoms with Gasteiger partial charge in [0.1, 0.15) is 5.82 Å². The molecule has 9 heteroatoms. The summed E-state index contributed by atoms with van der Waals surface area (Å²) in [6, 6.07) is 9.20. The number of carbonyl (C=O) groups is 2. The van der Waals surface area contributed by atoms with Crippen LogP contribution < -0.4 is 16.0 Å². The van der Waals surface area contributed by atoms with Gasteiger partial charge in [-0.2, -0.15) is 0 Å². The number of halogens is 1. The maximum absolute atomic E-state index is 12.7. The number of nitrogens with zero attached hydrogens (tertiary/aromatic N) is 2. The standard InChI is InChI=1S/C14H20FN.C9H8N4O2S/c15-13-8-6-12(7-9-13)10-11-16-14-4-2-1-3-5-14;1-10-8-11-3-2-5(12-8)4-6-7(14)13-9(15)16-6/h6-9,14,16H,1-5,10-11H2;2-4H,1H3,(H,10,11,12)(H,13,14,15)/b;6-4-. The average Bonchev–Trinajstić information content (AvgIpc) is 3.13. The topological polar surface area (TPSA) is 96.0 Å². The van der Waals surface area contributed by atoms with Crippen LogP contribution in [0.2, 0.25) is 0 Å². The van der Waals surface area contributed by atoms with E-state index in [1.54, 1.807) is 25.4 Å². The number of anilines is 1. The Hall–Kier alpha value is -2.78. The molecule has 4 rings (SSSR count). The molecular formula is C23H28FN5O2S. The zero-order valence-electron chi connectivity index (χ0n) is 18.1. The number of benzene rings is 1. The van der Waals surface area contributed by atoms with Gasteiger partial charge in [-0.15, -0.1) is 0 Å². The van der Waals surface area contributed by atoms with Crippen molar-refractivity contribution in [3.05, 3.63) is 58.5 Å². The number of carbonyl (C=O) groups excluding carboxylic acids is 2. The summed E-state index contributed by atoms with van der Waals surface area (Å²) in [6.07, 6.45) is 10.9. The Kier molecular flexibility index (Phi) is 9.18. The number of nitrogens with one attached hydrogen (secondary N) is 3. The van der Waals surface area contributed by atoms with Gasteiger partial charge in [-0.05, 0) is 67.4 Å². The van der Waals surface area contributed by atoms with Crippen molar-refractivity contribution in [1.82, 2.24) is 20.6 Å². The van der Waals surface area contributed by atoms with E-state index in [2.05, 4.69) is 25.9 Å². The van der Waals surface area contributed by atoms with Gasteiger partial charge < -0.3 is 10.6 Å². The first kappa shape index (κ1) is 23.9. The van der Waals surface area contributed by atoms with E-state index in [0.29, 0.717) is 22.6 Å². The van der Waals surface area contributed by atoms with Crippen LogP contribution in [-0.2, 0) is 11.2 Å². The predicted molar refractivity (Wildman–Crippen MR) is 126 cm³/mol. The van der Waals surface area contributed by atoms with E-state index in [1.807, 2.05) is 12.1 Å². The number of hydrogen-bond donors (Lipinski definition) is 3. The predicted octanol–water partition coefficient (Wildman–Crippen LogP) is 4.13. The van der Waals surface area contributed by atoms with Crippen molar-refractivity contribution in [3.8, 4) is 0 Å². The number of imide groups is 1. The lowest BCUT2D eigenvalue weighted by atomic mass is 9.95. The van der Waals surface area contributed by atoms with Gasteiger partial charge in [-0.1, -0.05) is 31.4 Å². The number of amides is 2. The van der Waals surface area contributed by atoms with E-state index in [-0.39, 0.29) is 17.0 Å². The minimum Gasteiger partial charge on any atom is -0.357 e. The average molecular weight is 458 g/mol. The first-order chi connectivity index (χ1) is 15.5. The molecule has 0 atom stereocenters. The normalized spacial score (nSPS) is 17.6. The molecule has 0 bridgehead atoms. The van der Waals surface area contributed by atoms with Crippen LogP contribution in [0.1, 0.15) is 43.4 Å². The molecule has 170 valence electrons. The van der Waals surface area contributed by atoms with E-state index >= 15 is 0 Å². The minimum absolute atomic E-state index is 0.149. The Morgan fingerprint density at radius 1 is 1.16 bits per heavy atom. The summed E-state index contributed by atoms with van der Waals surface area (Å²) in [5.41, 5.74) is 1.79. The van der Waals surface area contributed by atoms with Crippen LogP contribution in [0.4, 0.5) is 15.1 Å². The molecule has 1 aromatic carbocycles. The third-order valence-electron chi connectivity index (χ3n) is 5.19. The Bertz CT molecular complexity index is 946. The molecule has 1 aromatic heterocycles. The molecule has 2 amide bonds. The van der Waals surface area contributed by atoms with Gasteiger partial charge in [0.15, 0.2) is 0 Å². The highest BCUT2D eigenvalue weighted by Crippen LogP contribution is 2.25. The van der Waals surface area contributed by atoms with E-state index in [1.165, 1.54) is 49.8 Å². The quantitative estimate of drug-likeness (QED) is 0.561. The van der Waals surface area contributed by atoms with E-state index in [0.717, 1.165) is 24.7 Å². The van der Waals surface area contributed by atoms with E-state index in [9.17, 15) is 14.0 Å². The summed E-state index contributed by atoms with van der Waals surface area (Å²) in [4.78, 5) is 30.6. The van der Waals surface area contributed by atoms with Crippen molar-refractivity contribution < 1.29 is 14.0 Å². The van der Waals surface area contributed by atoms with Gasteiger partial charge in [0.25, 0.3) is 11.1 Å². The lowest BCUT2D eigenvalue weighted by Gasteiger charge is -2.22. The second-order valence-electron chi connectivity index (χ2n) is 7.57. The van der Waals surface area contributed by atoms with Crippen molar-refractivity contribution in [2.45, 2.75) is 44.6 Å². The molecule has 3 N–H and O–H groups in total. The molecule has 1 saturated carbocycles. The van der Waals surface area contributed by atoms with Crippen molar-refractivity contribution in [2.75, 3.05) is 18.9 Å². The highest BCUT2D eigenvalue weighted by atomic mass is 32.2. The first-order valence-corrected chi connectivity index (χ1v) is 11.6. The van der Waals surface area contributed by atoms with Gasteiger partial charge in [-0.3, -0.25) is 14.9 Å². The number of rotatable bonds is 6. The fourth-order valence-electron chi connectivity index (χ4n) is 3.51. The summed E-state index contributed by atoms with van der Waals surface area (Å²) < 4.78 is 12.7. The van der Waals surface area contributed by atoms with Gasteiger partial charge in [0, 0.05) is 19.3 Å². The third kappa shape index (κ3) is 7.72. The van der Waals surface area contributed by atoms with Crippen LogP contribution in [0.5, 0.6) is 0 Å². The molecule has 7 nitrogen and oxygen atoms in total. The Balaban J connectivity index is 0.000000181. The molecule has 2 fully saturated rings. The lowest BCUT2D eigenvalue weighted by molar-refractivity contribution is -0.115. The summed E-state index contributed by atoms with van der Waals surface area (Å²) in [5, 5.41) is 8.19. The van der Waals surface area contributed by atoms with Crippen LogP contribution in [0.3, 0.4) is 0 Å². The summed E-state index contributed by atoms with van der Waals surface area (Å²) >= 11 is 0.863. The van der Waals surface area contributed by atoms with Gasteiger partial charge >= 0.3 is 0 Å². The Labute approximate surface area is 191 Å². The van der Waals surface area contributed by atoms with Crippen molar-refractivity contribution in [2.24, 2.45) is 0 Å². The second-order valence-corrected chi connectivity index (χ2v) is 8.59. The largest absolute Gasteiger partial charge is 0.357 e. The molecular weight excluding hydrogens is 429 g/mol. The number of hydrogen-bond acceptors (Lipinski definition) is 7. The fourth-order valence-corrected chi connectivity index (χ4v) is 4.17. The summed E-state index contributed by atoms with van der Waals surface area (Å²) in [6.45, 7) is 1.01. The smallest absolute Gasteiger partial charge is 0.290 e. The Morgan fingerprint density at radius 2 is 1.91 bits per heavy atom. The van der Waals surface area contributed by atoms with E-state index in [4.69, 9.17) is 0 Å². The fraction of sp³-hybridized carbons (Fsp3) is 0.391. The molecule has 1 aliphatic carbocycles. The molecule has 2 heterocycles. The number of thioether (sulfide) groups is 1. The molecule has 2 aromatic rings. The minimum atomic E-state index is -0.389. The third-order valence-corrected chi connectivity index (χ3v) is 6.00. The number of aromatic nitrogens is 2. The maximum atomic E-state index is 12.7. The van der Waals surface area contributed by atoms with Crippen LogP contribution in [0.15, 0.2) is 41.4 Å². The second kappa shape index (κ2) is 12.3. The van der Waals surface area contributed by atoms with Crippen LogP contribution in [0.25, 0.3) is 6.08 Å². The lowest BCUT2D eigenvalue weighted by Crippen LogP contribution is -2.32. The summed E-state index contributed by atoms with van der Waals surface area (Å²) in [7, 11) is 1.70. The van der Waals surface area contributed by atoms with Crippen molar-refractivity contribution >= 4 is 34.9 Å². The van der Waals surface area contributed by atoms with Gasteiger partial charge in [-0.25, -0.2) is 14.4 Å². The molecule has 32 heavy (non-hydrogen) atoms. The van der Waals surface area contributed by atoms with E-state index < -0.39 is 0 Å². The highest BCUT2D eigenvalue weighted by Gasteiger charge is 2.25. The summed E-state index contributed by atoms with van der Waals surface area (Å²) in [5.74, 6) is -0.0762. The monoisotopic (exact) mass is 457 g/mol. The molecule has 1 aliphatic heterocycles. The van der Waals surface area contributed by atoms with Crippen LogP contribution in [0, 0.1) is 5.82 Å². The SMILES string of the molecule is CNc1nccc(/C=C2\SC(=O)NC2=O)n1.Fc1ccc(CCNC2CCCCC2)cc1. The highest BCUT2D eigenvalue weighted by molar-refractivity contribution is 8.18. The first-order valence-electron chi connectivity index (χ1n) is 10.8. The maximum Gasteiger partial charge on any atom is 0.290 e. The van der Waals surface area contributed by atoms with Crippen LogP contribution in [-0.4, -0.2) is 40.7 Å².